The van der Waals surface area contributed by atoms with Gasteiger partial charge in [0.2, 0.25) is 10.0 Å². The zero-order valence-corrected chi connectivity index (χ0v) is 21.8. The van der Waals surface area contributed by atoms with E-state index < -0.39 is 21.5 Å². The third-order valence-electron chi connectivity index (χ3n) is 6.61. The third kappa shape index (κ3) is 3.90. The van der Waals surface area contributed by atoms with Gasteiger partial charge in [-0.15, -0.1) is 0 Å². The van der Waals surface area contributed by atoms with Crippen LogP contribution >= 0.6 is 15.9 Å². The normalized spacial score (nSPS) is 20.9. The number of nitrogens with zero attached hydrogens (tertiary/aromatic N) is 4. The summed E-state index contributed by atoms with van der Waals surface area (Å²) in [5.74, 6) is -0.269. The molecule has 0 saturated carbocycles. The lowest BCUT2D eigenvalue weighted by Gasteiger charge is -2.34. The number of aryl methyl sites for hydroxylation is 2. The predicted molar refractivity (Wildman–Crippen MR) is 132 cm³/mol. The zero-order chi connectivity index (χ0) is 24.8. The molecule has 1 fully saturated rings. The fourth-order valence-corrected chi connectivity index (χ4v) is 6.55. The highest BCUT2D eigenvalue weighted by atomic mass is 79.9. The van der Waals surface area contributed by atoms with Crippen molar-refractivity contribution in [3.05, 3.63) is 81.1 Å². The molecule has 176 valence electrons. The molecule has 0 spiro atoms. The van der Waals surface area contributed by atoms with Gasteiger partial charge in [0.25, 0.3) is 5.91 Å². The van der Waals surface area contributed by atoms with Crippen molar-refractivity contribution in [2.24, 2.45) is 5.41 Å². The van der Waals surface area contributed by atoms with E-state index in [0.717, 1.165) is 10.0 Å². The summed E-state index contributed by atoms with van der Waals surface area (Å²) < 4.78 is 31.1. The topological polar surface area (TPSA) is 96.1 Å². The van der Waals surface area contributed by atoms with Gasteiger partial charge in [-0.05, 0) is 79.9 Å². The van der Waals surface area contributed by atoms with Crippen molar-refractivity contribution >= 4 is 31.9 Å². The molecule has 0 unspecified atom stereocenters. The van der Waals surface area contributed by atoms with Crippen LogP contribution in [0.1, 0.15) is 52.3 Å². The van der Waals surface area contributed by atoms with Crippen LogP contribution in [0.15, 0.2) is 57.9 Å². The summed E-state index contributed by atoms with van der Waals surface area (Å²) in [6.45, 7) is 7.49. The first kappa shape index (κ1) is 24.3. The Balaban J connectivity index is 1.86. The van der Waals surface area contributed by atoms with E-state index >= 15 is 0 Å². The second kappa shape index (κ2) is 8.77. The Morgan fingerprint density at radius 1 is 1.12 bits per heavy atom. The Labute approximate surface area is 208 Å². The van der Waals surface area contributed by atoms with E-state index in [-0.39, 0.29) is 17.3 Å². The van der Waals surface area contributed by atoms with E-state index in [9.17, 15) is 18.5 Å². The standard InChI is InChI=1S/C25H25BrN4O3S/c1-16-5-11-21(12-6-16)34(32,33)29-14-13-25(4,23(29)20-9-7-19(15-27)8-10-20)24(31)30-18(3)22(26)17(2)28-30/h5-12,23H,13-14H2,1-4H3/t23-,25+/m1/s1. The molecule has 2 aromatic carbocycles. The largest absolute Gasteiger partial charge is 0.272 e. The fourth-order valence-electron chi connectivity index (χ4n) is 4.59. The summed E-state index contributed by atoms with van der Waals surface area (Å²) in [6.07, 6.45) is 0.331. The van der Waals surface area contributed by atoms with Gasteiger partial charge in [-0.1, -0.05) is 29.8 Å². The maximum Gasteiger partial charge on any atom is 0.255 e. The Morgan fingerprint density at radius 2 is 1.74 bits per heavy atom. The lowest BCUT2D eigenvalue weighted by atomic mass is 9.78. The average Bonchev–Trinajstić information content (AvgIpc) is 3.32. The molecule has 0 amide bonds. The molecule has 1 aromatic heterocycles. The van der Waals surface area contributed by atoms with E-state index in [1.807, 2.05) is 13.8 Å². The molecule has 34 heavy (non-hydrogen) atoms. The third-order valence-corrected chi connectivity index (χ3v) is 9.64. The molecule has 9 heteroatoms. The van der Waals surface area contributed by atoms with Gasteiger partial charge >= 0.3 is 0 Å². The highest BCUT2D eigenvalue weighted by Crippen LogP contribution is 2.50. The molecule has 0 bridgehead atoms. The molecule has 1 aliphatic rings. The summed E-state index contributed by atoms with van der Waals surface area (Å²) in [5.41, 5.74) is 2.36. The van der Waals surface area contributed by atoms with Crippen molar-refractivity contribution in [3.8, 4) is 6.07 Å². The van der Waals surface area contributed by atoms with Crippen LogP contribution in [0.4, 0.5) is 0 Å². The van der Waals surface area contributed by atoms with Gasteiger partial charge in [0.15, 0.2) is 0 Å². The summed E-state index contributed by atoms with van der Waals surface area (Å²) in [6, 6.07) is 14.8. The first-order valence-corrected chi connectivity index (χ1v) is 13.1. The summed E-state index contributed by atoms with van der Waals surface area (Å²) in [4.78, 5) is 14.1. The molecule has 7 nitrogen and oxygen atoms in total. The molecular weight excluding hydrogens is 516 g/mol. The zero-order valence-electron chi connectivity index (χ0n) is 19.4. The van der Waals surface area contributed by atoms with Crippen molar-refractivity contribution in [1.29, 1.82) is 5.26 Å². The number of hydrogen-bond acceptors (Lipinski definition) is 5. The molecule has 0 radical (unpaired) electrons. The van der Waals surface area contributed by atoms with Crippen LogP contribution in [0, 0.1) is 37.5 Å². The van der Waals surface area contributed by atoms with Gasteiger partial charge < -0.3 is 0 Å². The van der Waals surface area contributed by atoms with Crippen LogP contribution in [0.25, 0.3) is 0 Å². The molecule has 1 saturated heterocycles. The van der Waals surface area contributed by atoms with E-state index in [1.165, 1.54) is 8.99 Å². The fraction of sp³-hybridized carbons (Fsp3) is 0.320. The van der Waals surface area contributed by atoms with Crippen LogP contribution in [-0.2, 0) is 10.0 Å². The molecule has 1 aliphatic heterocycles. The number of aromatic nitrogens is 2. The monoisotopic (exact) mass is 540 g/mol. The van der Waals surface area contributed by atoms with Gasteiger partial charge in [0.05, 0.1) is 43.8 Å². The molecule has 2 atom stereocenters. The van der Waals surface area contributed by atoms with Crippen LogP contribution < -0.4 is 0 Å². The van der Waals surface area contributed by atoms with Gasteiger partial charge in [-0.2, -0.15) is 14.7 Å². The molecule has 2 heterocycles. The minimum Gasteiger partial charge on any atom is -0.272 e. The Hall–Kier alpha value is -2.80. The predicted octanol–water partition coefficient (Wildman–Crippen LogP) is 4.92. The van der Waals surface area contributed by atoms with Crippen molar-refractivity contribution in [3.63, 3.8) is 0 Å². The van der Waals surface area contributed by atoms with E-state index in [2.05, 4.69) is 27.1 Å². The second-order valence-corrected chi connectivity index (χ2v) is 11.6. The van der Waals surface area contributed by atoms with Crippen molar-refractivity contribution in [2.45, 2.75) is 45.1 Å². The molecule has 0 aliphatic carbocycles. The summed E-state index contributed by atoms with van der Waals surface area (Å²) in [5, 5.41) is 13.6. The minimum atomic E-state index is -3.89. The maximum absolute atomic E-state index is 13.9. The lowest BCUT2D eigenvalue weighted by Crippen LogP contribution is -2.41. The first-order valence-electron chi connectivity index (χ1n) is 10.9. The van der Waals surface area contributed by atoms with Crippen molar-refractivity contribution in [1.82, 2.24) is 14.1 Å². The summed E-state index contributed by atoms with van der Waals surface area (Å²) in [7, 11) is -3.89. The summed E-state index contributed by atoms with van der Waals surface area (Å²) >= 11 is 3.48. The first-order chi connectivity index (χ1) is 16.0. The van der Waals surface area contributed by atoms with E-state index in [1.54, 1.807) is 62.4 Å². The van der Waals surface area contributed by atoms with E-state index in [0.29, 0.717) is 28.9 Å². The van der Waals surface area contributed by atoms with Crippen LogP contribution in [0.5, 0.6) is 0 Å². The Kier molecular flexibility index (Phi) is 6.27. The van der Waals surface area contributed by atoms with Gasteiger partial charge in [0, 0.05) is 6.54 Å². The molecule has 4 rings (SSSR count). The van der Waals surface area contributed by atoms with Gasteiger partial charge in [-0.3, -0.25) is 4.79 Å². The average molecular weight is 541 g/mol. The number of benzene rings is 2. The molecule has 3 aromatic rings. The van der Waals surface area contributed by atoms with E-state index in [4.69, 9.17) is 0 Å². The quantitative estimate of drug-likeness (QED) is 0.467. The smallest absolute Gasteiger partial charge is 0.255 e. The highest BCUT2D eigenvalue weighted by Gasteiger charge is 2.54. The number of halogens is 1. The Morgan fingerprint density at radius 3 is 2.26 bits per heavy atom. The number of sulfonamides is 1. The van der Waals surface area contributed by atoms with Crippen LogP contribution in [0.2, 0.25) is 0 Å². The number of rotatable bonds is 4. The van der Waals surface area contributed by atoms with Crippen molar-refractivity contribution in [2.75, 3.05) is 6.54 Å². The van der Waals surface area contributed by atoms with Gasteiger partial charge in [-0.25, -0.2) is 13.1 Å². The molecule has 0 N–H and O–H groups in total. The number of carbonyl (C=O) groups is 1. The lowest BCUT2D eigenvalue weighted by molar-refractivity contribution is 0.0655. The number of hydrogen-bond donors (Lipinski definition) is 0. The van der Waals surface area contributed by atoms with Gasteiger partial charge in [0.1, 0.15) is 0 Å². The minimum absolute atomic E-state index is 0.183. The number of carbonyl (C=O) groups excluding carboxylic acids is 1. The highest BCUT2D eigenvalue weighted by molar-refractivity contribution is 9.10. The van der Waals surface area contributed by atoms with Crippen molar-refractivity contribution < 1.29 is 13.2 Å². The Bertz CT molecular complexity index is 1410. The number of nitriles is 1. The SMILES string of the molecule is Cc1ccc(S(=O)(=O)N2CC[C@](C)(C(=O)n3nc(C)c(Br)c3C)[C@H]2c2ccc(C#N)cc2)cc1. The second-order valence-electron chi connectivity index (χ2n) is 8.93. The van der Waals surface area contributed by atoms with Crippen LogP contribution in [-0.4, -0.2) is 35.0 Å². The maximum atomic E-state index is 13.9. The van der Waals surface area contributed by atoms with Crippen LogP contribution in [0.3, 0.4) is 0 Å². The molecular formula is C25H25BrN4O3S.